The molecule has 2 aromatic rings. The Labute approximate surface area is 90.6 Å². The molecule has 0 saturated carbocycles. The highest BCUT2D eigenvalue weighted by molar-refractivity contribution is 5.87. The summed E-state index contributed by atoms with van der Waals surface area (Å²) in [5.74, 6) is -1.16. The summed E-state index contributed by atoms with van der Waals surface area (Å²) in [5, 5.41) is 0. The molecule has 80 valence electrons. The molecule has 0 saturated heterocycles. The van der Waals surface area contributed by atoms with Crippen LogP contribution >= 0.6 is 0 Å². The molecule has 0 N–H and O–H groups in total. The Morgan fingerprint density at radius 1 is 1.06 bits per heavy atom. The van der Waals surface area contributed by atoms with Gasteiger partial charge in [0, 0.05) is 17.3 Å². The average Bonchev–Trinajstić information content (AvgIpc) is 2.30. The number of halogens is 2. The minimum absolute atomic E-state index is 0.0949. The Morgan fingerprint density at radius 2 is 1.75 bits per heavy atom. The summed E-state index contributed by atoms with van der Waals surface area (Å²) in [5.41, 5.74) is 0.714. The SMILES string of the molecule is O=Cc1ccnc(F)c1-c1ccc(F)cc1. The second-order valence-corrected chi connectivity index (χ2v) is 3.19. The molecule has 0 atom stereocenters. The summed E-state index contributed by atoms with van der Waals surface area (Å²) in [6.45, 7) is 0. The van der Waals surface area contributed by atoms with Crippen molar-refractivity contribution in [3.05, 3.63) is 53.9 Å². The van der Waals surface area contributed by atoms with Crippen molar-refractivity contribution in [1.29, 1.82) is 0 Å². The van der Waals surface area contributed by atoms with Crippen molar-refractivity contribution >= 4 is 6.29 Å². The number of hydrogen-bond donors (Lipinski definition) is 0. The van der Waals surface area contributed by atoms with Gasteiger partial charge < -0.3 is 0 Å². The van der Waals surface area contributed by atoms with Gasteiger partial charge in [-0.2, -0.15) is 4.39 Å². The second-order valence-electron chi connectivity index (χ2n) is 3.19. The smallest absolute Gasteiger partial charge is 0.221 e. The average molecular weight is 219 g/mol. The van der Waals surface area contributed by atoms with Gasteiger partial charge in [-0.25, -0.2) is 9.37 Å². The number of carbonyl (C=O) groups is 1. The van der Waals surface area contributed by atoms with Gasteiger partial charge in [0.25, 0.3) is 0 Å². The third-order valence-corrected chi connectivity index (χ3v) is 2.20. The number of aromatic nitrogens is 1. The van der Waals surface area contributed by atoms with Crippen LogP contribution in [-0.2, 0) is 0 Å². The third kappa shape index (κ3) is 1.82. The molecule has 0 bridgehead atoms. The molecule has 0 aliphatic carbocycles. The lowest BCUT2D eigenvalue weighted by atomic mass is 10.0. The summed E-state index contributed by atoms with van der Waals surface area (Å²) < 4.78 is 26.2. The van der Waals surface area contributed by atoms with E-state index in [4.69, 9.17) is 0 Å². The van der Waals surface area contributed by atoms with Crippen LogP contribution in [0.2, 0.25) is 0 Å². The Balaban J connectivity index is 2.63. The number of aldehydes is 1. The van der Waals surface area contributed by atoms with Crippen molar-refractivity contribution in [3.8, 4) is 11.1 Å². The lowest BCUT2D eigenvalue weighted by Gasteiger charge is -2.05. The van der Waals surface area contributed by atoms with E-state index in [9.17, 15) is 13.6 Å². The first-order chi connectivity index (χ1) is 7.72. The monoisotopic (exact) mass is 219 g/mol. The van der Waals surface area contributed by atoms with Gasteiger partial charge in [-0.15, -0.1) is 0 Å². The highest BCUT2D eigenvalue weighted by Crippen LogP contribution is 2.24. The van der Waals surface area contributed by atoms with Gasteiger partial charge >= 0.3 is 0 Å². The predicted octanol–water partition coefficient (Wildman–Crippen LogP) is 2.84. The molecular weight excluding hydrogens is 212 g/mol. The first kappa shape index (κ1) is 10.4. The van der Waals surface area contributed by atoms with Crippen molar-refractivity contribution in [2.24, 2.45) is 0 Å². The lowest BCUT2D eigenvalue weighted by molar-refractivity contribution is 0.112. The van der Waals surface area contributed by atoms with Crippen LogP contribution in [0, 0.1) is 11.8 Å². The topological polar surface area (TPSA) is 30.0 Å². The van der Waals surface area contributed by atoms with Gasteiger partial charge in [-0.1, -0.05) is 12.1 Å². The molecule has 0 spiro atoms. The first-order valence-electron chi connectivity index (χ1n) is 4.58. The number of carbonyl (C=O) groups excluding carboxylic acids is 1. The maximum absolute atomic E-state index is 13.5. The van der Waals surface area contributed by atoms with E-state index in [-0.39, 0.29) is 11.1 Å². The summed E-state index contributed by atoms with van der Waals surface area (Å²) in [6.07, 6.45) is 1.76. The van der Waals surface area contributed by atoms with Gasteiger partial charge in [-0.05, 0) is 23.8 Å². The molecule has 16 heavy (non-hydrogen) atoms. The Morgan fingerprint density at radius 3 is 2.38 bits per heavy atom. The van der Waals surface area contributed by atoms with Crippen LogP contribution in [0.3, 0.4) is 0 Å². The fourth-order valence-electron chi connectivity index (χ4n) is 1.45. The molecule has 4 heteroatoms. The minimum Gasteiger partial charge on any atom is -0.298 e. The quantitative estimate of drug-likeness (QED) is 0.574. The summed E-state index contributed by atoms with van der Waals surface area (Å²) >= 11 is 0. The zero-order valence-electron chi connectivity index (χ0n) is 8.15. The standard InChI is InChI=1S/C12H7F2NO/c13-10-3-1-8(2-4-10)11-9(7-16)5-6-15-12(11)14/h1-7H. The molecule has 0 unspecified atom stereocenters. The van der Waals surface area contributed by atoms with E-state index in [1.165, 1.54) is 36.5 Å². The zero-order valence-corrected chi connectivity index (χ0v) is 8.15. The largest absolute Gasteiger partial charge is 0.298 e. The van der Waals surface area contributed by atoms with Crippen molar-refractivity contribution in [1.82, 2.24) is 4.98 Å². The predicted molar refractivity (Wildman–Crippen MR) is 55.0 cm³/mol. The van der Waals surface area contributed by atoms with E-state index in [0.29, 0.717) is 11.8 Å². The van der Waals surface area contributed by atoms with Crippen molar-refractivity contribution in [2.75, 3.05) is 0 Å². The fourth-order valence-corrected chi connectivity index (χ4v) is 1.45. The van der Waals surface area contributed by atoms with Crippen LogP contribution < -0.4 is 0 Å². The molecule has 1 aromatic heterocycles. The molecule has 1 heterocycles. The van der Waals surface area contributed by atoms with Crippen LogP contribution in [0.4, 0.5) is 8.78 Å². The highest BCUT2D eigenvalue weighted by atomic mass is 19.1. The maximum Gasteiger partial charge on any atom is 0.221 e. The van der Waals surface area contributed by atoms with E-state index in [0.717, 1.165) is 0 Å². The normalized spacial score (nSPS) is 10.1. The molecule has 0 aliphatic heterocycles. The summed E-state index contributed by atoms with van der Waals surface area (Å²) in [7, 11) is 0. The van der Waals surface area contributed by atoms with Crippen molar-refractivity contribution < 1.29 is 13.6 Å². The van der Waals surface area contributed by atoms with E-state index in [1.807, 2.05) is 0 Å². The van der Waals surface area contributed by atoms with Crippen LogP contribution in [0.1, 0.15) is 10.4 Å². The number of pyridine rings is 1. The van der Waals surface area contributed by atoms with Gasteiger partial charge in [0.2, 0.25) is 5.95 Å². The molecule has 2 rings (SSSR count). The van der Waals surface area contributed by atoms with Gasteiger partial charge in [-0.3, -0.25) is 4.79 Å². The molecule has 0 amide bonds. The number of hydrogen-bond acceptors (Lipinski definition) is 2. The molecule has 0 fully saturated rings. The van der Waals surface area contributed by atoms with Crippen molar-refractivity contribution in [2.45, 2.75) is 0 Å². The molecular formula is C12H7F2NO. The second kappa shape index (κ2) is 4.18. The third-order valence-electron chi connectivity index (χ3n) is 2.20. The molecule has 0 radical (unpaired) electrons. The Hall–Kier alpha value is -2.10. The fraction of sp³-hybridized carbons (Fsp3) is 0. The Kier molecular flexibility index (Phi) is 2.72. The minimum atomic E-state index is -0.740. The van der Waals surface area contributed by atoms with Crippen LogP contribution in [0.15, 0.2) is 36.5 Å². The highest BCUT2D eigenvalue weighted by Gasteiger charge is 2.11. The molecule has 1 aromatic carbocycles. The van der Waals surface area contributed by atoms with Crippen LogP contribution in [0.5, 0.6) is 0 Å². The van der Waals surface area contributed by atoms with E-state index < -0.39 is 11.8 Å². The summed E-state index contributed by atoms with van der Waals surface area (Å²) in [4.78, 5) is 14.2. The van der Waals surface area contributed by atoms with E-state index in [2.05, 4.69) is 4.98 Å². The number of nitrogens with zero attached hydrogens (tertiary/aromatic N) is 1. The van der Waals surface area contributed by atoms with Gasteiger partial charge in [0.1, 0.15) is 5.82 Å². The van der Waals surface area contributed by atoms with E-state index in [1.54, 1.807) is 0 Å². The molecule has 2 nitrogen and oxygen atoms in total. The van der Waals surface area contributed by atoms with Crippen LogP contribution in [0.25, 0.3) is 11.1 Å². The first-order valence-corrected chi connectivity index (χ1v) is 4.58. The zero-order chi connectivity index (χ0) is 11.5. The van der Waals surface area contributed by atoms with E-state index >= 15 is 0 Å². The number of rotatable bonds is 2. The van der Waals surface area contributed by atoms with Gasteiger partial charge in [0.15, 0.2) is 6.29 Å². The number of benzene rings is 1. The Bertz CT molecular complexity index is 523. The van der Waals surface area contributed by atoms with Gasteiger partial charge in [0.05, 0.1) is 0 Å². The summed E-state index contributed by atoms with van der Waals surface area (Å²) in [6, 6.07) is 6.63. The molecule has 0 aliphatic rings. The van der Waals surface area contributed by atoms with Crippen molar-refractivity contribution in [3.63, 3.8) is 0 Å². The maximum atomic E-state index is 13.5. The van der Waals surface area contributed by atoms with Crippen LogP contribution in [-0.4, -0.2) is 11.3 Å². The lowest BCUT2D eigenvalue weighted by Crippen LogP contribution is -1.95.